The number of benzene rings is 2. The van der Waals surface area contributed by atoms with Crippen molar-refractivity contribution in [2.24, 2.45) is 17.8 Å². The number of aliphatic hydroxyl groups excluding tert-OH is 1. The Balaban J connectivity index is 1.54. The Hall–Kier alpha value is -2.59. The first-order valence-corrected chi connectivity index (χ1v) is 17.7. The van der Waals surface area contributed by atoms with Gasteiger partial charge >= 0.3 is 0 Å². The van der Waals surface area contributed by atoms with Crippen LogP contribution in [0.15, 0.2) is 48.6 Å². The molecule has 6 atom stereocenters. The molecule has 8 nitrogen and oxygen atoms in total. The highest BCUT2D eigenvalue weighted by Crippen LogP contribution is 2.41. The molecule has 2 N–H and O–H groups in total. The molecular formula is C34H45ClN2O6S. The van der Waals surface area contributed by atoms with E-state index >= 15 is 0 Å². The van der Waals surface area contributed by atoms with Crippen molar-refractivity contribution in [3.05, 3.63) is 70.3 Å². The summed E-state index contributed by atoms with van der Waals surface area (Å²) in [6.07, 6.45) is 8.19. The Morgan fingerprint density at radius 3 is 2.73 bits per heavy atom. The van der Waals surface area contributed by atoms with E-state index in [9.17, 15) is 18.3 Å². The zero-order valence-electron chi connectivity index (χ0n) is 25.9. The molecule has 0 aromatic heterocycles. The van der Waals surface area contributed by atoms with Crippen LogP contribution in [0, 0.1) is 17.8 Å². The first-order chi connectivity index (χ1) is 21.1. The van der Waals surface area contributed by atoms with Crippen LogP contribution in [-0.4, -0.2) is 57.1 Å². The Morgan fingerprint density at radius 1 is 1.16 bits per heavy atom. The molecule has 2 aromatic carbocycles. The number of nitrogens with one attached hydrogen (secondary N) is 1. The third-order valence-corrected chi connectivity index (χ3v) is 11.8. The molecular weight excluding hydrogens is 600 g/mol. The second-order valence-corrected chi connectivity index (χ2v) is 15.1. The number of carbonyl (C=O) groups is 1. The molecule has 240 valence electrons. The summed E-state index contributed by atoms with van der Waals surface area (Å²) in [6.45, 7) is 5.48. The van der Waals surface area contributed by atoms with Gasteiger partial charge in [-0.05, 0) is 111 Å². The van der Waals surface area contributed by atoms with E-state index < -0.39 is 27.3 Å². The number of aryl methyl sites for hydroxylation is 1. The summed E-state index contributed by atoms with van der Waals surface area (Å²) in [5.41, 5.74) is 3.25. The number of nitrogens with zero attached hydrogens (tertiary/aromatic N) is 1. The lowest BCUT2D eigenvalue weighted by Gasteiger charge is -2.42. The fourth-order valence-corrected chi connectivity index (χ4v) is 8.68. The van der Waals surface area contributed by atoms with Crippen LogP contribution in [0.25, 0.3) is 0 Å². The lowest BCUT2D eigenvalue weighted by Crippen LogP contribution is -2.44. The molecule has 5 rings (SSSR count). The molecule has 1 fully saturated rings. The van der Waals surface area contributed by atoms with Gasteiger partial charge in [0.05, 0.1) is 23.1 Å². The molecule has 44 heavy (non-hydrogen) atoms. The Labute approximate surface area is 266 Å². The average molecular weight is 645 g/mol. The number of methoxy groups -OCH3 is 1. The lowest BCUT2D eigenvalue weighted by molar-refractivity contribution is 0.0460. The number of allylic oxidation sites excluding steroid dienone is 1. The zero-order chi connectivity index (χ0) is 31.4. The second kappa shape index (κ2) is 14.2. The van der Waals surface area contributed by atoms with Crippen molar-refractivity contribution in [3.63, 3.8) is 0 Å². The standard InChI is InChI=1S/C34H45ClN2O6S/c1-22-7-6-9-31(38)29-14-11-26(29)20-37-16-5-4-8-24-18-28(35)13-10-27(24)21-43-32-15-12-25(19-30(32)37)34(39)36-44(40,41)33(22)17-23(2)42-3/h6,9-10,12-13,15,18-19,22-23,26,29,31,33,38H,4-5,7-8,11,14,16-17,20-21H2,1-3H3,(H,36,39)/b9-6+/t22?,23-,26+,29-,31?,33-/m1/s1. The van der Waals surface area contributed by atoms with E-state index in [4.69, 9.17) is 21.1 Å². The minimum absolute atomic E-state index is 0.114. The molecule has 0 spiro atoms. The van der Waals surface area contributed by atoms with Crippen LogP contribution in [0.4, 0.5) is 5.69 Å². The normalized spacial score (nSPS) is 29.0. The lowest BCUT2D eigenvalue weighted by atomic mass is 9.70. The summed E-state index contributed by atoms with van der Waals surface area (Å²) in [6, 6.07) is 11.0. The van der Waals surface area contributed by atoms with Crippen LogP contribution in [0.1, 0.15) is 73.9 Å². The molecule has 3 aliphatic rings. The maximum atomic E-state index is 13.7. The molecule has 2 bridgehead atoms. The summed E-state index contributed by atoms with van der Waals surface area (Å²) in [7, 11) is -2.51. The van der Waals surface area contributed by atoms with Gasteiger partial charge < -0.3 is 19.5 Å². The fraction of sp³-hybridized carbons (Fsp3) is 0.559. The van der Waals surface area contributed by atoms with Crippen LogP contribution >= 0.6 is 11.6 Å². The van der Waals surface area contributed by atoms with Crippen LogP contribution < -0.4 is 14.4 Å². The van der Waals surface area contributed by atoms with E-state index in [1.807, 2.05) is 44.2 Å². The number of hydrogen-bond donors (Lipinski definition) is 2. The van der Waals surface area contributed by atoms with Crippen molar-refractivity contribution in [1.29, 1.82) is 0 Å². The molecule has 1 aliphatic carbocycles. The number of aliphatic hydroxyl groups is 1. The Morgan fingerprint density at radius 2 is 1.98 bits per heavy atom. The molecule has 2 unspecified atom stereocenters. The molecule has 0 saturated heterocycles. The third kappa shape index (κ3) is 7.61. The van der Waals surface area contributed by atoms with Gasteiger partial charge in [0.2, 0.25) is 10.0 Å². The number of fused-ring (bicyclic) bond motifs is 3. The van der Waals surface area contributed by atoms with Gasteiger partial charge in [0.1, 0.15) is 12.4 Å². The zero-order valence-corrected chi connectivity index (χ0v) is 27.4. The predicted molar refractivity (Wildman–Crippen MR) is 174 cm³/mol. The van der Waals surface area contributed by atoms with Crippen LogP contribution in [0.3, 0.4) is 0 Å². The number of hydrogen-bond acceptors (Lipinski definition) is 7. The first kappa shape index (κ1) is 32.8. The Kier molecular flexibility index (Phi) is 10.6. The number of sulfonamides is 1. The molecule has 1 saturated carbocycles. The van der Waals surface area contributed by atoms with E-state index in [0.717, 1.165) is 49.9 Å². The third-order valence-electron chi connectivity index (χ3n) is 9.68. The molecule has 2 heterocycles. The maximum Gasteiger partial charge on any atom is 0.264 e. The summed E-state index contributed by atoms with van der Waals surface area (Å²) >= 11 is 6.32. The molecule has 10 heteroatoms. The quantitative estimate of drug-likeness (QED) is 0.401. The van der Waals surface area contributed by atoms with Crippen LogP contribution in [0.5, 0.6) is 5.75 Å². The smallest absolute Gasteiger partial charge is 0.264 e. The number of rotatable bonds is 3. The number of amides is 1. The molecule has 1 amide bonds. The highest BCUT2D eigenvalue weighted by atomic mass is 35.5. The monoisotopic (exact) mass is 644 g/mol. The van der Waals surface area contributed by atoms with Gasteiger partial charge in [-0.25, -0.2) is 13.1 Å². The van der Waals surface area contributed by atoms with Gasteiger partial charge in [-0.1, -0.05) is 36.7 Å². The van der Waals surface area contributed by atoms with Crippen molar-refractivity contribution in [2.75, 3.05) is 25.1 Å². The van der Waals surface area contributed by atoms with Crippen molar-refractivity contribution in [3.8, 4) is 5.75 Å². The number of carbonyl (C=O) groups excluding carboxylic acids is 1. The molecule has 2 aromatic rings. The largest absolute Gasteiger partial charge is 0.487 e. The number of halogens is 1. The maximum absolute atomic E-state index is 13.7. The molecule has 2 aliphatic heterocycles. The van der Waals surface area contributed by atoms with E-state index in [1.165, 1.54) is 5.56 Å². The van der Waals surface area contributed by atoms with Gasteiger partial charge in [-0.15, -0.1) is 0 Å². The van der Waals surface area contributed by atoms with E-state index in [1.54, 1.807) is 25.3 Å². The first-order valence-electron chi connectivity index (χ1n) is 15.8. The van der Waals surface area contributed by atoms with Crippen molar-refractivity contribution in [1.82, 2.24) is 4.72 Å². The SMILES string of the molecule is CO[C@H](C)C[C@@H]1C(C)C/C=C/C(O)[C@@H]2CC[C@H]2CN2CCCCc3cc(Cl)ccc3COc3ccc(cc32)C(=O)NS1(=O)=O. The average Bonchev–Trinajstić information content (AvgIpc) is 3.00. The summed E-state index contributed by atoms with van der Waals surface area (Å²) < 4.78 is 41.6. The van der Waals surface area contributed by atoms with Gasteiger partial charge in [0.15, 0.2) is 0 Å². The van der Waals surface area contributed by atoms with E-state index in [2.05, 4.69) is 9.62 Å². The van der Waals surface area contributed by atoms with Gasteiger partial charge in [-0.2, -0.15) is 0 Å². The summed E-state index contributed by atoms with van der Waals surface area (Å²) in [4.78, 5) is 15.8. The van der Waals surface area contributed by atoms with E-state index in [-0.39, 0.29) is 35.8 Å². The highest BCUT2D eigenvalue weighted by molar-refractivity contribution is 7.90. The second-order valence-electron chi connectivity index (χ2n) is 12.7. The summed E-state index contributed by atoms with van der Waals surface area (Å²) in [5, 5.41) is 11.0. The van der Waals surface area contributed by atoms with Gasteiger partial charge in [0, 0.05) is 30.8 Å². The predicted octanol–water partition coefficient (Wildman–Crippen LogP) is 5.90. The van der Waals surface area contributed by atoms with Gasteiger partial charge in [-0.3, -0.25) is 4.79 Å². The Bertz CT molecular complexity index is 1460. The van der Waals surface area contributed by atoms with E-state index in [0.29, 0.717) is 30.3 Å². The van der Waals surface area contributed by atoms with Crippen molar-refractivity contribution < 1.29 is 27.8 Å². The van der Waals surface area contributed by atoms with Crippen LogP contribution in [0.2, 0.25) is 5.02 Å². The number of anilines is 1. The highest BCUT2D eigenvalue weighted by Gasteiger charge is 2.38. The van der Waals surface area contributed by atoms with Crippen molar-refractivity contribution in [2.45, 2.75) is 82.9 Å². The summed E-state index contributed by atoms with van der Waals surface area (Å²) in [5.74, 6) is 0.0551. The number of ether oxygens (including phenoxy) is 2. The topological polar surface area (TPSA) is 105 Å². The van der Waals surface area contributed by atoms with Gasteiger partial charge in [0.25, 0.3) is 5.91 Å². The molecule has 0 radical (unpaired) electrons. The van der Waals surface area contributed by atoms with Crippen LogP contribution in [-0.2, 0) is 27.8 Å². The van der Waals surface area contributed by atoms with Crippen molar-refractivity contribution >= 4 is 33.2 Å². The minimum Gasteiger partial charge on any atom is -0.487 e. The fourth-order valence-electron chi connectivity index (χ4n) is 6.71. The minimum atomic E-state index is -4.06.